The van der Waals surface area contributed by atoms with Gasteiger partial charge in [-0.2, -0.15) is 0 Å². The number of rotatable bonds is 6. The van der Waals surface area contributed by atoms with Crippen molar-refractivity contribution in [2.45, 2.75) is 13.8 Å². The third-order valence-electron chi connectivity index (χ3n) is 2.22. The summed E-state index contributed by atoms with van der Waals surface area (Å²) >= 11 is 0. The van der Waals surface area contributed by atoms with Crippen molar-refractivity contribution in [3.63, 3.8) is 0 Å². The quantitative estimate of drug-likeness (QED) is 0.759. The van der Waals surface area contributed by atoms with Crippen LogP contribution in [-0.2, 0) is 14.5 Å². The van der Waals surface area contributed by atoms with E-state index in [0.717, 1.165) is 12.2 Å². The van der Waals surface area contributed by atoms with E-state index in [4.69, 9.17) is 9.68 Å². The number of benzene rings is 1. The first-order valence-electron chi connectivity index (χ1n) is 5.66. The number of nitrogens with zero attached hydrogens (tertiary/aromatic N) is 1. The summed E-state index contributed by atoms with van der Waals surface area (Å²) in [5.74, 6) is -0.156. The molecule has 6 nitrogen and oxygen atoms in total. The van der Waals surface area contributed by atoms with Gasteiger partial charge in [-0.05, 0) is 25.1 Å². The molecule has 0 saturated heterocycles. The van der Waals surface area contributed by atoms with Gasteiger partial charge in [-0.25, -0.2) is 0 Å². The minimum atomic E-state index is -0.156. The van der Waals surface area contributed by atoms with E-state index in [1.807, 2.05) is 19.1 Å². The Hall–Kier alpha value is -1.79. The van der Waals surface area contributed by atoms with Gasteiger partial charge in [-0.3, -0.25) is 14.5 Å². The summed E-state index contributed by atoms with van der Waals surface area (Å²) in [5, 5.41) is 7.14. The van der Waals surface area contributed by atoms with Crippen LogP contribution in [0.1, 0.15) is 13.8 Å². The van der Waals surface area contributed by atoms with Crippen molar-refractivity contribution in [1.29, 1.82) is 0 Å². The van der Waals surface area contributed by atoms with Crippen LogP contribution in [-0.4, -0.2) is 26.7 Å². The summed E-state index contributed by atoms with van der Waals surface area (Å²) < 4.78 is 0. The molecule has 0 radical (unpaired) electrons. The van der Waals surface area contributed by atoms with Crippen LogP contribution in [0.25, 0.3) is 0 Å². The molecule has 0 bridgehead atoms. The van der Waals surface area contributed by atoms with Crippen molar-refractivity contribution in [3.8, 4) is 0 Å². The average molecular weight is 253 g/mol. The summed E-state index contributed by atoms with van der Waals surface area (Å²) in [7, 11) is 2.97. The molecule has 0 aliphatic rings. The van der Waals surface area contributed by atoms with Crippen LogP contribution in [0.3, 0.4) is 0 Å². The number of carbonyl (C=O) groups is 1. The van der Waals surface area contributed by atoms with Crippen molar-refractivity contribution in [2.24, 2.45) is 0 Å². The van der Waals surface area contributed by atoms with E-state index in [0.29, 0.717) is 11.4 Å². The molecule has 0 heterocycles. The Bertz CT molecular complexity index is 406. The maximum atomic E-state index is 11.2. The van der Waals surface area contributed by atoms with Gasteiger partial charge in [0.25, 0.3) is 0 Å². The molecular formula is C12H19N3O3. The Morgan fingerprint density at radius 3 is 2.50 bits per heavy atom. The lowest BCUT2D eigenvalue weighted by Crippen LogP contribution is -2.22. The molecule has 0 aliphatic carbocycles. The zero-order chi connectivity index (χ0) is 13.5. The molecule has 1 rings (SSSR count). The van der Waals surface area contributed by atoms with Gasteiger partial charge in [0.2, 0.25) is 5.91 Å². The predicted molar refractivity (Wildman–Crippen MR) is 71.4 cm³/mol. The normalized spacial score (nSPS) is 10.0. The number of anilines is 3. The van der Waals surface area contributed by atoms with Crippen LogP contribution in [0.15, 0.2) is 18.2 Å². The summed E-state index contributed by atoms with van der Waals surface area (Å²) in [6.07, 6.45) is 0. The van der Waals surface area contributed by atoms with Crippen molar-refractivity contribution in [3.05, 3.63) is 18.2 Å². The Labute approximate surface area is 107 Å². The van der Waals surface area contributed by atoms with Crippen LogP contribution in [0.5, 0.6) is 0 Å². The maximum absolute atomic E-state index is 11.2. The Morgan fingerprint density at radius 2 is 2.00 bits per heavy atom. The van der Waals surface area contributed by atoms with Crippen LogP contribution >= 0.6 is 0 Å². The van der Waals surface area contributed by atoms with E-state index in [-0.39, 0.29) is 5.91 Å². The lowest BCUT2D eigenvalue weighted by molar-refractivity contribution is -0.114. The van der Waals surface area contributed by atoms with Crippen LogP contribution in [0.4, 0.5) is 17.1 Å². The Kier molecular flexibility index (Phi) is 5.41. The van der Waals surface area contributed by atoms with E-state index in [1.165, 1.54) is 26.4 Å². The second-order valence-electron chi connectivity index (χ2n) is 3.57. The van der Waals surface area contributed by atoms with E-state index in [2.05, 4.69) is 10.6 Å². The van der Waals surface area contributed by atoms with Gasteiger partial charge in [-0.1, -0.05) is 0 Å². The number of carbonyl (C=O) groups excluding carboxylic acids is 1. The van der Waals surface area contributed by atoms with E-state index in [9.17, 15) is 4.79 Å². The number of amides is 1. The predicted octanol–water partition coefficient (Wildman–Crippen LogP) is 2.01. The number of hydrogen-bond donors (Lipinski definition) is 2. The third-order valence-corrected chi connectivity index (χ3v) is 2.22. The molecule has 0 unspecified atom stereocenters. The topological polar surface area (TPSA) is 62.8 Å². The highest BCUT2D eigenvalue weighted by Gasteiger charge is 2.12. The second kappa shape index (κ2) is 6.83. The number of nitrogens with one attached hydrogen (secondary N) is 2. The van der Waals surface area contributed by atoms with Gasteiger partial charge < -0.3 is 10.6 Å². The molecule has 0 aromatic heterocycles. The van der Waals surface area contributed by atoms with Gasteiger partial charge >= 0.3 is 0 Å². The first kappa shape index (κ1) is 14.3. The first-order valence-corrected chi connectivity index (χ1v) is 5.66. The monoisotopic (exact) mass is 253 g/mol. The fourth-order valence-electron chi connectivity index (χ4n) is 1.57. The highest BCUT2D eigenvalue weighted by Crippen LogP contribution is 2.29. The Morgan fingerprint density at radius 1 is 1.33 bits per heavy atom. The Balaban J connectivity index is 3.10. The molecule has 0 spiro atoms. The summed E-state index contributed by atoms with van der Waals surface area (Å²) in [4.78, 5) is 21.3. The zero-order valence-corrected chi connectivity index (χ0v) is 11.1. The SMILES string of the molecule is CCNc1ccc(N(OC)OC)c(NC(C)=O)c1. The number of hydrogen-bond acceptors (Lipinski definition) is 5. The maximum Gasteiger partial charge on any atom is 0.221 e. The molecule has 100 valence electrons. The first-order chi connectivity index (χ1) is 8.62. The zero-order valence-electron chi connectivity index (χ0n) is 11.1. The van der Waals surface area contributed by atoms with Gasteiger partial charge in [0.05, 0.1) is 19.9 Å². The van der Waals surface area contributed by atoms with E-state index >= 15 is 0 Å². The third kappa shape index (κ3) is 3.61. The second-order valence-corrected chi connectivity index (χ2v) is 3.57. The minimum Gasteiger partial charge on any atom is -0.385 e. The molecule has 2 N–H and O–H groups in total. The molecule has 0 atom stereocenters. The molecule has 0 saturated carbocycles. The summed E-state index contributed by atoms with van der Waals surface area (Å²) in [6.45, 7) is 4.26. The average Bonchev–Trinajstić information content (AvgIpc) is 2.33. The molecule has 0 aliphatic heterocycles. The molecule has 6 heteroatoms. The van der Waals surface area contributed by atoms with Crippen molar-refractivity contribution in [2.75, 3.05) is 36.6 Å². The van der Waals surface area contributed by atoms with Gasteiger partial charge in [0, 0.05) is 19.2 Å². The lowest BCUT2D eigenvalue weighted by Gasteiger charge is -2.21. The molecule has 1 aromatic carbocycles. The van der Waals surface area contributed by atoms with E-state index in [1.54, 1.807) is 6.07 Å². The summed E-state index contributed by atoms with van der Waals surface area (Å²) in [5.41, 5.74) is 2.15. The van der Waals surface area contributed by atoms with Crippen molar-refractivity contribution >= 4 is 23.0 Å². The highest BCUT2D eigenvalue weighted by molar-refractivity contribution is 5.93. The van der Waals surface area contributed by atoms with Gasteiger partial charge in [0.15, 0.2) is 0 Å². The lowest BCUT2D eigenvalue weighted by atomic mass is 10.2. The molecule has 18 heavy (non-hydrogen) atoms. The molecule has 1 aromatic rings. The molecule has 1 amide bonds. The highest BCUT2D eigenvalue weighted by atomic mass is 16.9. The largest absolute Gasteiger partial charge is 0.385 e. The molecule has 0 fully saturated rings. The van der Waals surface area contributed by atoms with Crippen LogP contribution in [0, 0.1) is 0 Å². The fourth-order valence-corrected chi connectivity index (χ4v) is 1.57. The van der Waals surface area contributed by atoms with Crippen LogP contribution < -0.4 is 15.9 Å². The van der Waals surface area contributed by atoms with Crippen molar-refractivity contribution < 1.29 is 14.5 Å². The van der Waals surface area contributed by atoms with Gasteiger partial charge in [-0.15, -0.1) is 5.23 Å². The fraction of sp³-hybridized carbons (Fsp3) is 0.417. The van der Waals surface area contributed by atoms with Crippen molar-refractivity contribution in [1.82, 2.24) is 0 Å². The van der Waals surface area contributed by atoms with Gasteiger partial charge in [0.1, 0.15) is 5.69 Å². The summed E-state index contributed by atoms with van der Waals surface area (Å²) in [6, 6.07) is 5.51. The molecular weight excluding hydrogens is 234 g/mol. The van der Waals surface area contributed by atoms with Crippen LogP contribution in [0.2, 0.25) is 0 Å². The minimum absolute atomic E-state index is 0.156. The van der Waals surface area contributed by atoms with E-state index < -0.39 is 0 Å². The smallest absolute Gasteiger partial charge is 0.221 e. The standard InChI is InChI=1S/C12H19N3O3/c1-5-13-10-6-7-12(15(17-3)18-4)11(8-10)14-9(2)16/h6-8,13H,5H2,1-4H3,(H,14,16).